The van der Waals surface area contributed by atoms with Crippen LogP contribution in [0.2, 0.25) is 25.7 Å². The van der Waals surface area contributed by atoms with Crippen LogP contribution in [0.3, 0.4) is 0 Å². The molecule has 1 aromatic rings. The summed E-state index contributed by atoms with van der Waals surface area (Å²) in [4.78, 5) is 16.2. The Balaban J connectivity index is 1.79. The van der Waals surface area contributed by atoms with Gasteiger partial charge in [0.15, 0.2) is 0 Å². The van der Waals surface area contributed by atoms with Crippen LogP contribution in [0.4, 0.5) is 0 Å². The highest BCUT2D eigenvalue weighted by Gasteiger charge is 2.52. The highest BCUT2D eigenvalue weighted by atomic mass is 28.3. The minimum Gasteiger partial charge on any atom is -0.359 e. The van der Waals surface area contributed by atoms with Gasteiger partial charge in [0.2, 0.25) is 5.91 Å². The molecule has 1 spiro atoms. The van der Waals surface area contributed by atoms with E-state index in [0.717, 1.165) is 45.2 Å². The topological polar surface area (TPSA) is 38.8 Å². The monoisotopic (exact) mass is 471 g/mol. The maximum absolute atomic E-state index is 14.1. The Morgan fingerprint density at radius 2 is 1.88 bits per heavy atom. The molecule has 1 aliphatic carbocycles. The Labute approximate surface area is 202 Å². The van der Waals surface area contributed by atoms with Gasteiger partial charge < -0.3 is 14.4 Å². The van der Waals surface area contributed by atoms with E-state index >= 15 is 0 Å². The summed E-state index contributed by atoms with van der Waals surface area (Å²) in [6.07, 6.45) is 12.4. The number of ether oxygens (including phenoxy) is 2. The number of hydrogen-bond donors (Lipinski definition) is 0. The molecule has 1 heterocycles. The molecule has 3 atom stereocenters. The summed E-state index contributed by atoms with van der Waals surface area (Å²) < 4.78 is 11.1. The molecular formula is C28H45NO3Si. The van der Waals surface area contributed by atoms with Crippen LogP contribution in [-0.2, 0) is 20.8 Å². The molecule has 2 fully saturated rings. The molecule has 1 saturated carbocycles. The quantitative estimate of drug-likeness (QED) is 0.160. The highest BCUT2D eigenvalue weighted by Crippen LogP contribution is 2.52. The Bertz CT molecular complexity index is 756. The smallest absolute Gasteiger partial charge is 0.229 e. The fraction of sp³-hybridized carbons (Fsp3) is 0.679. The second kappa shape index (κ2) is 12.3. The zero-order valence-electron chi connectivity index (χ0n) is 21.4. The molecule has 0 aromatic heterocycles. The van der Waals surface area contributed by atoms with Gasteiger partial charge in [0.25, 0.3) is 0 Å². The van der Waals surface area contributed by atoms with Crippen molar-refractivity contribution >= 4 is 14.0 Å². The average molecular weight is 472 g/mol. The Kier molecular flexibility index (Phi) is 9.77. The predicted molar refractivity (Wildman–Crippen MR) is 139 cm³/mol. The van der Waals surface area contributed by atoms with Gasteiger partial charge in [0, 0.05) is 28.3 Å². The van der Waals surface area contributed by atoms with Gasteiger partial charge in [-0.2, -0.15) is 0 Å². The zero-order chi connectivity index (χ0) is 23.7. The lowest BCUT2D eigenvalue weighted by Crippen LogP contribution is -2.55. The summed E-state index contributed by atoms with van der Waals surface area (Å²) in [6, 6.07) is 11.7. The molecule has 33 heavy (non-hydrogen) atoms. The lowest BCUT2D eigenvalue weighted by molar-refractivity contribution is -0.158. The van der Waals surface area contributed by atoms with Gasteiger partial charge in [-0.3, -0.25) is 4.79 Å². The molecule has 1 aromatic carbocycles. The van der Waals surface area contributed by atoms with E-state index in [4.69, 9.17) is 9.47 Å². The third-order valence-electron chi connectivity index (χ3n) is 7.52. The van der Waals surface area contributed by atoms with Crippen molar-refractivity contribution in [3.8, 4) is 0 Å². The van der Waals surface area contributed by atoms with Crippen LogP contribution in [0.5, 0.6) is 0 Å². The standard InChI is InChI=1S/C28H45NO3Si/c1-31-23-32-22-25(15-9-11-20-33(2,3)4)26-16-8-10-17-28(26)18-12-19-29(27(28)30)21-24-13-6-5-7-14-24/h5-7,9,11,13-14,25-26H,8,10,12,15-23H2,1-4H3/b11-9+. The Hall–Kier alpha value is -1.43. The molecule has 0 bridgehead atoms. The number of likely N-dealkylation sites (tertiary alicyclic amines) is 1. The number of rotatable bonds is 11. The van der Waals surface area contributed by atoms with Crippen molar-refractivity contribution in [2.45, 2.75) is 77.2 Å². The molecular weight excluding hydrogens is 426 g/mol. The number of nitrogens with zero attached hydrogens (tertiary/aromatic N) is 1. The number of carbonyl (C=O) groups is 1. The third kappa shape index (κ3) is 7.27. The number of allylic oxidation sites excluding steroid dienone is 2. The first kappa shape index (κ1) is 26.2. The maximum atomic E-state index is 14.1. The van der Waals surface area contributed by atoms with Gasteiger partial charge in [0.1, 0.15) is 6.79 Å². The summed E-state index contributed by atoms with van der Waals surface area (Å²) >= 11 is 0. The number of carbonyl (C=O) groups excluding carboxylic acids is 1. The molecule has 0 radical (unpaired) electrons. The Morgan fingerprint density at radius 3 is 2.61 bits per heavy atom. The molecule has 1 amide bonds. The number of piperidine rings is 1. The van der Waals surface area contributed by atoms with Crippen LogP contribution in [0, 0.1) is 17.3 Å². The van der Waals surface area contributed by atoms with Crippen LogP contribution in [0.15, 0.2) is 42.5 Å². The minimum atomic E-state index is -1.09. The number of amides is 1. The van der Waals surface area contributed by atoms with Gasteiger partial charge >= 0.3 is 0 Å². The normalized spacial score (nSPS) is 25.2. The van der Waals surface area contributed by atoms with Crippen molar-refractivity contribution in [1.29, 1.82) is 0 Å². The molecule has 2 aliphatic rings. The lowest BCUT2D eigenvalue weighted by Gasteiger charge is -2.51. The van der Waals surface area contributed by atoms with E-state index < -0.39 is 8.07 Å². The van der Waals surface area contributed by atoms with Gasteiger partial charge in [0.05, 0.1) is 12.0 Å². The van der Waals surface area contributed by atoms with Crippen LogP contribution < -0.4 is 0 Å². The SMILES string of the molecule is COCOCC(C/C=C/C[Si](C)(C)C)C1CCCCC12CCCN(Cc1ccccc1)C2=O. The van der Waals surface area contributed by atoms with E-state index in [1.165, 1.54) is 24.4 Å². The number of methoxy groups -OCH3 is 1. The first-order chi connectivity index (χ1) is 15.9. The highest BCUT2D eigenvalue weighted by molar-refractivity contribution is 6.76. The van der Waals surface area contributed by atoms with Crippen LogP contribution >= 0.6 is 0 Å². The van der Waals surface area contributed by atoms with E-state index in [-0.39, 0.29) is 5.41 Å². The zero-order valence-corrected chi connectivity index (χ0v) is 22.4. The van der Waals surface area contributed by atoms with Gasteiger partial charge in [-0.1, -0.05) is 75.0 Å². The summed E-state index contributed by atoms with van der Waals surface area (Å²) in [5, 5.41) is 0. The van der Waals surface area contributed by atoms with E-state index in [1.807, 2.05) is 6.07 Å². The van der Waals surface area contributed by atoms with E-state index in [2.05, 4.69) is 61.0 Å². The fourth-order valence-corrected chi connectivity index (χ4v) is 6.81. The van der Waals surface area contributed by atoms with E-state index in [9.17, 15) is 4.79 Å². The third-order valence-corrected chi connectivity index (χ3v) is 8.98. The summed E-state index contributed by atoms with van der Waals surface area (Å²) in [7, 11) is 0.583. The van der Waals surface area contributed by atoms with Crippen molar-refractivity contribution in [1.82, 2.24) is 4.90 Å². The molecule has 5 heteroatoms. The van der Waals surface area contributed by atoms with Crippen molar-refractivity contribution in [3.63, 3.8) is 0 Å². The van der Waals surface area contributed by atoms with E-state index in [0.29, 0.717) is 31.1 Å². The molecule has 3 unspecified atom stereocenters. The van der Waals surface area contributed by atoms with Crippen LogP contribution in [0.25, 0.3) is 0 Å². The van der Waals surface area contributed by atoms with Crippen molar-refractivity contribution < 1.29 is 14.3 Å². The summed E-state index contributed by atoms with van der Waals surface area (Å²) in [6.45, 7) is 9.84. The summed E-state index contributed by atoms with van der Waals surface area (Å²) in [5.74, 6) is 1.13. The fourth-order valence-electron chi connectivity index (χ4n) is 5.93. The molecule has 1 aliphatic heterocycles. The second-order valence-corrected chi connectivity index (χ2v) is 16.9. The molecule has 4 nitrogen and oxygen atoms in total. The van der Waals surface area contributed by atoms with Crippen molar-refractivity contribution in [3.05, 3.63) is 48.0 Å². The van der Waals surface area contributed by atoms with Crippen molar-refractivity contribution in [2.24, 2.45) is 17.3 Å². The van der Waals surface area contributed by atoms with Crippen molar-refractivity contribution in [2.75, 3.05) is 27.1 Å². The lowest BCUT2D eigenvalue weighted by atomic mass is 9.57. The molecule has 184 valence electrons. The molecule has 3 rings (SSSR count). The second-order valence-electron chi connectivity index (χ2n) is 11.3. The first-order valence-electron chi connectivity index (χ1n) is 12.9. The number of benzene rings is 1. The molecule has 0 N–H and O–H groups in total. The van der Waals surface area contributed by atoms with Gasteiger partial charge in [-0.25, -0.2) is 0 Å². The predicted octanol–water partition coefficient (Wildman–Crippen LogP) is 6.51. The largest absolute Gasteiger partial charge is 0.359 e. The summed E-state index contributed by atoms with van der Waals surface area (Å²) in [5.41, 5.74) is 1.00. The minimum absolute atomic E-state index is 0.223. The first-order valence-corrected chi connectivity index (χ1v) is 16.6. The van der Waals surface area contributed by atoms with E-state index in [1.54, 1.807) is 7.11 Å². The van der Waals surface area contributed by atoms with Crippen LogP contribution in [0.1, 0.15) is 50.5 Å². The molecule has 1 saturated heterocycles. The van der Waals surface area contributed by atoms with Gasteiger partial charge in [-0.05, 0) is 55.5 Å². The van der Waals surface area contributed by atoms with Gasteiger partial charge in [-0.15, -0.1) is 0 Å². The average Bonchev–Trinajstić information content (AvgIpc) is 2.79. The van der Waals surface area contributed by atoms with Crippen LogP contribution in [-0.4, -0.2) is 45.9 Å². The number of hydrogen-bond acceptors (Lipinski definition) is 3. The maximum Gasteiger partial charge on any atom is 0.229 e. The Morgan fingerprint density at radius 1 is 1.12 bits per heavy atom.